The Morgan fingerprint density at radius 2 is 1.74 bits per heavy atom. The van der Waals surface area contributed by atoms with E-state index in [4.69, 9.17) is 28.4 Å². The number of rotatable bonds is 10. The summed E-state index contributed by atoms with van der Waals surface area (Å²) >= 11 is 0. The van der Waals surface area contributed by atoms with Gasteiger partial charge in [0.25, 0.3) is 0 Å². The number of hydrogen-bond acceptors (Lipinski definition) is 10. The molecule has 5 saturated carbocycles. The summed E-state index contributed by atoms with van der Waals surface area (Å²) in [5.74, 6) is -1.77. The van der Waals surface area contributed by atoms with Crippen molar-refractivity contribution in [2.24, 2.45) is 40.4 Å². The number of benzene rings is 1. The second-order valence-corrected chi connectivity index (χ2v) is 14.7. The average Bonchev–Trinajstić information content (AvgIpc) is 3.48. The lowest BCUT2D eigenvalue weighted by Crippen LogP contribution is -2.77. The van der Waals surface area contributed by atoms with Gasteiger partial charge in [0.2, 0.25) is 0 Å². The molecule has 7 rings (SSSR count). The van der Waals surface area contributed by atoms with Crippen molar-refractivity contribution in [3.63, 3.8) is 0 Å². The molecule has 6 aliphatic rings. The summed E-state index contributed by atoms with van der Waals surface area (Å²) in [6.07, 6.45) is 1.52. The van der Waals surface area contributed by atoms with Crippen molar-refractivity contribution in [3.05, 3.63) is 35.9 Å². The molecule has 1 unspecified atom stereocenters. The number of carbonyl (C=O) groups is 3. The predicted octanol–water partition coefficient (Wildman–Crippen LogP) is 3.90. The van der Waals surface area contributed by atoms with Gasteiger partial charge in [0.15, 0.2) is 0 Å². The lowest BCUT2D eigenvalue weighted by atomic mass is 9.43. The van der Waals surface area contributed by atoms with Crippen LogP contribution in [0.4, 0.5) is 0 Å². The van der Waals surface area contributed by atoms with Crippen LogP contribution in [0, 0.1) is 40.4 Å². The SMILES string of the molecule is CCC(=O)OC1CC[C@@]2(COC)CN(CC)[C@@H]3[C@@H]4[C@H](OC)[C@H]2[C@]13[C@@H]1C[C@H]2[C@H](OC(=O)c3ccccc3)[C@@H]1[C@]4(OC(C)=O)C[C@@H]2OC. The summed E-state index contributed by atoms with van der Waals surface area (Å²) in [4.78, 5) is 42.8. The molecule has 10 heteroatoms. The number of nitrogens with zero attached hydrogens (tertiary/aromatic N) is 1. The molecule has 1 saturated heterocycles. The van der Waals surface area contributed by atoms with Crippen LogP contribution in [0.2, 0.25) is 0 Å². The normalized spacial score (nSPS) is 44.8. The quantitative estimate of drug-likeness (QED) is 0.276. The van der Waals surface area contributed by atoms with E-state index >= 15 is 0 Å². The fourth-order valence-electron chi connectivity index (χ4n) is 12.4. The van der Waals surface area contributed by atoms with Crippen molar-refractivity contribution in [3.8, 4) is 0 Å². The molecule has 1 aliphatic heterocycles. The molecule has 46 heavy (non-hydrogen) atoms. The minimum Gasteiger partial charge on any atom is -0.462 e. The van der Waals surface area contributed by atoms with Crippen LogP contribution in [0.25, 0.3) is 0 Å². The first-order valence-electron chi connectivity index (χ1n) is 17.1. The smallest absolute Gasteiger partial charge is 0.338 e. The first-order valence-corrected chi connectivity index (χ1v) is 17.1. The van der Waals surface area contributed by atoms with Crippen LogP contribution in [-0.2, 0) is 38.0 Å². The van der Waals surface area contributed by atoms with E-state index in [-0.39, 0.29) is 77.7 Å². The molecule has 0 aromatic heterocycles. The number of likely N-dealkylation sites (tertiary alicyclic amines) is 1. The van der Waals surface area contributed by atoms with Crippen LogP contribution < -0.4 is 0 Å². The molecule has 6 fully saturated rings. The Balaban J connectivity index is 1.47. The van der Waals surface area contributed by atoms with Crippen LogP contribution in [-0.4, -0.2) is 99.9 Å². The number of fused-ring (bicyclic) bond motifs is 2. The van der Waals surface area contributed by atoms with Crippen molar-refractivity contribution in [1.29, 1.82) is 0 Å². The van der Waals surface area contributed by atoms with Gasteiger partial charge in [-0.05, 0) is 43.9 Å². The zero-order valence-corrected chi connectivity index (χ0v) is 27.9. The highest BCUT2D eigenvalue weighted by atomic mass is 16.6. The third-order valence-electron chi connectivity index (χ3n) is 13.2. The van der Waals surface area contributed by atoms with E-state index in [0.29, 0.717) is 25.0 Å². The van der Waals surface area contributed by atoms with Gasteiger partial charge in [0.05, 0.1) is 24.4 Å². The van der Waals surface area contributed by atoms with Gasteiger partial charge in [-0.15, -0.1) is 0 Å². The Bertz CT molecular complexity index is 1360. The van der Waals surface area contributed by atoms with E-state index < -0.39 is 23.1 Å². The standard InChI is InChI=1S/C36H49NO9/c1-7-26(39)44-25-14-15-34(19-41-4)18-37(8-2)32-28-30(43-6)31(34)36(25,32)23-16-22-24(42-5)17-35(28,46-20(3)38)27(23)29(22)45-33(40)21-12-10-9-11-13-21/h9-13,22-25,27-32H,7-8,14-19H2,1-6H3/t22-,23-,24+,25?,27-,28+,29+,30+,31-,32-,34+,35-,36+/m1/s1. The largest absolute Gasteiger partial charge is 0.462 e. The Morgan fingerprint density at radius 1 is 0.978 bits per heavy atom. The maximum absolute atomic E-state index is 13.8. The molecule has 0 amide bonds. The molecule has 0 N–H and O–H groups in total. The van der Waals surface area contributed by atoms with Crippen molar-refractivity contribution in [1.82, 2.24) is 4.90 Å². The zero-order valence-electron chi connectivity index (χ0n) is 27.9. The molecule has 1 aromatic rings. The van der Waals surface area contributed by atoms with Gasteiger partial charge in [-0.2, -0.15) is 0 Å². The second kappa shape index (κ2) is 11.6. The van der Waals surface area contributed by atoms with Gasteiger partial charge < -0.3 is 28.4 Å². The molecule has 13 atom stereocenters. The maximum Gasteiger partial charge on any atom is 0.338 e. The van der Waals surface area contributed by atoms with Crippen LogP contribution in [0.1, 0.15) is 63.2 Å². The zero-order chi connectivity index (χ0) is 32.6. The molecule has 10 nitrogen and oxygen atoms in total. The summed E-state index contributed by atoms with van der Waals surface area (Å²) in [5, 5.41) is 0. The van der Waals surface area contributed by atoms with Crippen LogP contribution in [0.3, 0.4) is 0 Å². The van der Waals surface area contributed by atoms with Gasteiger partial charge in [0, 0.05) is 88.2 Å². The van der Waals surface area contributed by atoms with Gasteiger partial charge in [-0.1, -0.05) is 32.0 Å². The lowest BCUT2D eigenvalue weighted by molar-refractivity contribution is -0.279. The number of methoxy groups -OCH3 is 3. The highest BCUT2D eigenvalue weighted by Gasteiger charge is 2.88. The molecule has 1 heterocycles. The molecule has 1 aromatic carbocycles. The van der Waals surface area contributed by atoms with Crippen molar-refractivity contribution < 1.29 is 42.8 Å². The van der Waals surface area contributed by atoms with Crippen molar-refractivity contribution in [2.75, 3.05) is 41.0 Å². The first kappa shape index (κ1) is 32.0. The highest BCUT2D eigenvalue weighted by Crippen LogP contribution is 2.80. The van der Waals surface area contributed by atoms with Crippen molar-refractivity contribution >= 4 is 17.9 Å². The summed E-state index contributed by atoms with van der Waals surface area (Å²) in [5.41, 5.74) is -1.32. The second-order valence-electron chi connectivity index (χ2n) is 14.7. The maximum atomic E-state index is 13.8. The number of carbonyl (C=O) groups excluding carboxylic acids is 3. The number of ether oxygens (including phenoxy) is 6. The lowest BCUT2D eigenvalue weighted by Gasteiger charge is -2.69. The third kappa shape index (κ3) is 4.12. The molecule has 0 radical (unpaired) electrons. The predicted molar refractivity (Wildman–Crippen MR) is 166 cm³/mol. The van der Waals surface area contributed by atoms with E-state index in [1.807, 2.05) is 25.1 Å². The van der Waals surface area contributed by atoms with Crippen LogP contribution in [0.5, 0.6) is 0 Å². The molecule has 5 aliphatic carbocycles. The minimum absolute atomic E-state index is 0.0144. The van der Waals surface area contributed by atoms with Gasteiger partial charge >= 0.3 is 17.9 Å². The summed E-state index contributed by atoms with van der Waals surface area (Å²) < 4.78 is 38.7. The average molecular weight is 640 g/mol. The first-order chi connectivity index (χ1) is 22.2. The number of piperidine rings is 1. The van der Waals surface area contributed by atoms with Crippen molar-refractivity contribution in [2.45, 2.75) is 88.9 Å². The van der Waals surface area contributed by atoms with Crippen LogP contribution in [0.15, 0.2) is 30.3 Å². The minimum atomic E-state index is -1.02. The summed E-state index contributed by atoms with van der Waals surface area (Å²) in [6, 6.07) is 8.97. The van der Waals surface area contributed by atoms with Crippen LogP contribution >= 0.6 is 0 Å². The van der Waals surface area contributed by atoms with Gasteiger partial charge in [-0.25, -0.2) is 4.79 Å². The fraction of sp³-hybridized carbons (Fsp3) is 0.750. The number of hydrogen-bond donors (Lipinski definition) is 0. The monoisotopic (exact) mass is 639 g/mol. The van der Waals surface area contributed by atoms with Gasteiger partial charge in [0.1, 0.15) is 17.8 Å². The Kier molecular flexibility index (Phi) is 8.05. The highest BCUT2D eigenvalue weighted by molar-refractivity contribution is 5.89. The Labute approximate surface area is 271 Å². The topological polar surface area (TPSA) is 110 Å². The molecule has 7 bridgehead atoms. The van der Waals surface area contributed by atoms with E-state index in [9.17, 15) is 14.4 Å². The van der Waals surface area contributed by atoms with E-state index in [1.165, 1.54) is 6.92 Å². The van der Waals surface area contributed by atoms with E-state index in [1.54, 1.807) is 33.5 Å². The van der Waals surface area contributed by atoms with E-state index in [2.05, 4.69) is 11.8 Å². The third-order valence-corrected chi connectivity index (χ3v) is 13.2. The number of esters is 3. The molecular formula is C36H49NO9. The molecule has 1 spiro atoms. The molecular weight excluding hydrogens is 590 g/mol. The van der Waals surface area contributed by atoms with E-state index in [0.717, 1.165) is 25.9 Å². The summed E-state index contributed by atoms with van der Waals surface area (Å²) in [7, 11) is 5.22. The summed E-state index contributed by atoms with van der Waals surface area (Å²) in [6.45, 7) is 7.65. The Hall–Kier alpha value is -2.53. The molecule has 252 valence electrons. The fourth-order valence-corrected chi connectivity index (χ4v) is 12.4. The Morgan fingerprint density at radius 3 is 2.37 bits per heavy atom. The van der Waals surface area contributed by atoms with Gasteiger partial charge in [-0.3, -0.25) is 14.5 Å².